The zero-order valence-electron chi connectivity index (χ0n) is 17.9. The molecule has 0 radical (unpaired) electrons. The molecule has 0 saturated heterocycles. The van der Waals surface area contributed by atoms with E-state index in [0.717, 1.165) is 17.7 Å². The molecule has 0 fully saturated rings. The summed E-state index contributed by atoms with van der Waals surface area (Å²) in [6.45, 7) is 8.27. The summed E-state index contributed by atoms with van der Waals surface area (Å²) in [4.78, 5) is 27.2. The van der Waals surface area contributed by atoms with Gasteiger partial charge in [-0.15, -0.1) is 11.8 Å². The van der Waals surface area contributed by atoms with E-state index in [2.05, 4.69) is 30.4 Å². The molecule has 0 aliphatic carbocycles. The Hall–Kier alpha value is -2.27. The van der Waals surface area contributed by atoms with Crippen molar-refractivity contribution >= 4 is 23.6 Å². The Labute approximate surface area is 179 Å². The minimum absolute atomic E-state index is 0.00462. The first-order chi connectivity index (χ1) is 13.9. The zero-order valence-corrected chi connectivity index (χ0v) is 18.7. The number of hydrogen-bond donors (Lipinski definition) is 1. The van der Waals surface area contributed by atoms with Crippen LogP contribution in [0, 0.1) is 6.92 Å². The fourth-order valence-corrected chi connectivity index (χ4v) is 3.97. The van der Waals surface area contributed by atoms with Gasteiger partial charge in [0.1, 0.15) is 6.04 Å². The van der Waals surface area contributed by atoms with Gasteiger partial charge in [-0.3, -0.25) is 9.59 Å². The second-order valence-corrected chi connectivity index (χ2v) is 8.63. The molecule has 1 unspecified atom stereocenters. The first-order valence-corrected chi connectivity index (χ1v) is 11.3. The minimum atomic E-state index is -0.492. The molecule has 0 aliphatic rings. The fraction of sp³-hybridized carbons (Fsp3) is 0.417. The number of nitrogens with one attached hydrogen (secondary N) is 1. The number of aryl methyl sites for hydroxylation is 1. The molecule has 0 aromatic heterocycles. The molecule has 2 rings (SSSR count). The molecule has 2 aromatic carbocycles. The van der Waals surface area contributed by atoms with Crippen molar-refractivity contribution in [1.29, 1.82) is 0 Å². The third kappa shape index (κ3) is 7.94. The molecule has 1 N–H and O–H groups in total. The van der Waals surface area contributed by atoms with Crippen LogP contribution in [0.4, 0.5) is 0 Å². The topological polar surface area (TPSA) is 49.4 Å². The molecule has 0 heterocycles. The monoisotopic (exact) mass is 412 g/mol. The van der Waals surface area contributed by atoms with Gasteiger partial charge in [0.2, 0.25) is 11.8 Å². The van der Waals surface area contributed by atoms with Gasteiger partial charge in [0.05, 0.1) is 5.75 Å². The Balaban J connectivity index is 1.99. The SMILES string of the molecule is Cc1cccc(CSCC(=O)N(CCc2ccccc2)C(C)C(=O)NC(C)C)c1. The predicted molar refractivity (Wildman–Crippen MR) is 122 cm³/mol. The first kappa shape index (κ1) is 23.0. The van der Waals surface area contributed by atoms with Crippen LogP contribution in [0.3, 0.4) is 0 Å². The lowest BCUT2D eigenvalue weighted by Gasteiger charge is -2.29. The Morgan fingerprint density at radius 3 is 2.34 bits per heavy atom. The number of carbonyl (C=O) groups excluding carboxylic acids is 2. The van der Waals surface area contributed by atoms with Crippen molar-refractivity contribution < 1.29 is 9.59 Å². The molecule has 29 heavy (non-hydrogen) atoms. The van der Waals surface area contributed by atoms with E-state index < -0.39 is 6.04 Å². The molecule has 156 valence electrons. The van der Waals surface area contributed by atoms with Gasteiger partial charge in [0.25, 0.3) is 0 Å². The lowest BCUT2D eigenvalue weighted by molar-refractivity contribution is -0.138. The Kier molecular flexibility index (Phi) is 9.26. The third-order valence-electron chi connectivity index (χ3n) is 4.66. The molecule has 0 aliphatic heterocycles. The maximum Gasteiger partial charge on any atom is 0.242 e. The van der Waals surface area contributed by atoms with Gasteiger partial charge in [-0.1, -0.05) is 60.2 Å². The van der Waals surface area contributed by atoms with Gasteiger partial charge in [-0.05, 0) is 45.2 Å². The average Bonchev–Trinajstić information content (AvgIpc) is 2.68. The molecule has 0 spiro atoms. The molecule has 4 nitrogen and oxygen atoms in total. The predicted octanol–water partition coefficient (Wildman–Crippen LogP) is 4.21. The number of carbonyl (C=O) groups is 2. The van der Waals surface area contributed by atoms with Crippen molar-refractivity contribution in [2.75, 3.05) is 12.3 Å². The van der Waals surface area contributed by atoms with Crippen LogP contribution < -0.4 is 5.32 Å². The van der Waals surface area contributed by atoms with E-state index in [9.17, 15) is 9.59 Å². The maximum absolute atomic E-state index is 13.0. The van der Waals surface area contributed by atoms with Gasteiger partial charge >= 0.3 is 0 Å². The highest BCUT2D eigenvalue weighted by Gasteiger charge is 2.25. The van der Waals surface area contributed by atoms with Crippen molar-refractivity contribution in [2.24, 2.45) is 0 Å². The van der Waals surface area contributed by atoms with Crippen molar-refractivity contribution in [2.45, 2.75) is 52.0 Å². The van der Waals surface area contributed by atoms with Gasteiger partial charge < -0.3 is 10.2 Å². The molecule has 1 atom stereocenters. The van der Waals surface area contributed by atoms with Crippen LogP contribution in [0.25, 0.3) is 0 Å². The molecule has 0 bridgehead atoms. The summed E-state index contributed by atoms with van der Waals surface area (Å²) < 4.78 is 0. The lowest BCUT2D eigenvalue weighted by Crippen LogP contribution is -2.50. The van der Waals surface area contributed by atoms with E-state index in [1.807, 2.05) is 57.2 Å². The molecule has 5 heteroatoms. The van der Waals surface area contributed by atoms with E-state index in [1.54, 1.807) is 16.7 Å². The molecular weight excluding hydrogens is 380 g/mol. The van der Waals surface area contributed by atoms with Gasteiger partial charge in [0.15, 0.2) is 0 Å². The van der Waals surface area contributed by atoms with Gasteiger partial charge in [-0.2, -0.15) is 0 Å². The number of benzene rings is 2. The summed E-state index contributed by atoms with van der Waals surface area (Å²) in [5.74, 6) is 1.05. The molecule has 0 saturated carbocycles. The summed E-state index contributed by atoms with van der Waals surface area (Å²) in [5, 5.41) is 2.92. The summed E-state index contributed by atoms with van der Waals surface area (Å²) >= 11 is 1.59. The van der Waals surface area contributed by atoms with Crippen molar-refractivity contribution in [3.8, 4) is 0 Å². The van der Waals surface area contributed by atoms with Crippen LogP contribution in [0.1, 0.15) is 37.5 Å². The number of amides is 2. The van der Waals surface area contributed by atoms with E-state index in [1.165, 1.54) is 11.1 Å². The summed E-state index contributed by atoms with van der Waals surface area (Å²) in [7, 11) is 0. The van der Waals surface area contributed by atoms with Gasteiger partial charge in [0, 0.05) is 18.3 Å². The Morgan fingerprint density at radius 1 is 1.00 bits per heavy atom. The smallest absolute Gasteiger partial charge is 0.242 e. The van der Waals surface area contributed by atoms with Crippen LogP contribution >= 0.6 is 11.8 Å². The minimum Gasteiger partial charge on any atom is -0.352 e. The quantitative estimate of drug-likeness (QED) is 0.636. The summed E-state index contributed by atoms with van der Waals surface area (Å²) in [6, 6.07) is 18.0. The first-order valence-electron chi connectivity index (χ1n) is 10.1. The van der Waals surface area contributed by atoms with Crippen molar-refractivity contribution in [3.05, 3.63) is 71.3 Å². The molecular formula is C24H32N2O2S. The van der Waals surface area contributed by atoms with Crippen LogP contribution in [0.15, 0.2) is 54.6 Å². The van der Waals surface area contributed by atoms with E-state index in [0.29, 0.717) is 12.3 Å². The lowest BCUT2D eigenvalue weighted by atomic mass is 10.1. The molecule has 2 aromatic rings. The highest BCUT2D eigenvalue weighted by atomic mass is 32.2. The maximum atomic E-state index is 13.0. The van der Waals surface area contributed by atoms with Crippen molar-refractivity contribution in [3.63, 3.8) is 0 Å². The fourth-order valence-electron chi connectivity index (χ4n) is 3.12. The number of nitrogens with zero attached hydrogens (tertiary/aromatic N) is 1. The summed E-state index contributed by atoms with van der Waals surface area (Å²) in [5.41, 5.74) is 3.59. The average molecular weight is 413 g/mol. The zero-order chi connectivity index (χ0) is 21.2. The Bertz CT molecular complexity index is 792. The largest absolute Gasteiger partial charge is 0.352 e. The number of thioether (sulfide) groups is 1. The highest BCUT2D eigenvalue weighted by molar-refractivity contribution is 7.99. The molecule has 2 amide bonds. The number of rotatable bonds is 10. The normalized spacial score (nSPS) is 11.9. The highest BCUT2D eigenvalue weighted by Crippen LogP contribution is 2.15. The Morgan fingerprint density at radius 2 is 1.69 bits per heavy atom. The van der Waals surface area contributed by atoms with Crippen LogP contribution in [-0.2, 0) is 21.8 Å². The van der Waals surface area contributed by atoms with Crippen LogP contribution in [-0.4, -0.2) is 41.1 Å². The van der Waals surface area contributed by atoms with E-state index >= 15 is 0 Å². The second-order valence-electron chi connectivity index (χ2n) is 7.64. The van der Waals surface area contributed by atoms with Crippen molar-refractivity contribution in [1.82, 2.24) is 10.2 Å². The van der Waals surface area contributed by atoms with E-state index in [4.69, 9.17) is 0 Å². The third-order valence-corrected chi connectivity index (χ3v) is 5.65. The second kappa shape index (κ2) is 11.7. The van der Waals surface area contributed by atoms with E-state index in [-0.39, 0.29) is 17.9 Å². The standard InChI is InChI=1S/C24H32N2O2S/c1-18(2)25-24(28)20(4)26(14-13-21-10-6-5-7-11-21)23(27)17-29-16-22-12-8-9-19(3)15-22/h5-12,15,18,20H,13-14,16-17H2,1-4H3,(H,25,28). The van der Waals surface area contributed by atoms with Crippen LogP contribution in [0.2, 0.25) is 0 Å². The number of hydrogen-bond acceptors (Lipinski definition) is 3. The summed E-state index contributed by atoms with van der Waals surface area (Å²) in [6.07, 6.45) is 0.731. The van der Waals surface area contributed by atoms with Gasteiger partial charge in [-0.25, -0.2) is 0 Å². The van der Waals surface area contributed by atoms with Crippen LogP contribution in [0.5, 0.6) is 0 Å².